The quantitative estimate of drug-likeness (QED) is 0.368. The van der Waals surface area contributed by atoms with Crippen molar-refractivity contribution in [3.05, 3.63) is 24.3 Å². The molecule has 1 amide bonds. The van der Waals surface area contributed by atoms with Crippen molar-refractivity contribution in [3.63, 3.8) is 0 Å². The molecular weight excluding hydrogens is 166 g/mol. The van der Waals surface area contributed by atoms with Crippen LogP contribution in [0.5, 0.6) is 0 Å². The predicted octanol–water partition coefficient (Wildman–Crippen LogP) is 1.14. The zero-order valence-electron chi connectivity index (χ0n) is 7.94. The molecule has 0 saturated carbocycles. The summed E-state index contributed by atoms with van der Waals surface area (Å²) in [6, 6.07) is 0. The van der Waals surface area contributed by atoms with Crippen molar-refractivity contribution in [2.45, 2.75) is 32.3 Å². The van der Waals surface area contributed by atoms with Crippen LogP contribution in [0.2, 0.25) is 0 Å². The average Bonchev–Trinajstić information content (AvgIpc) is 2.01. The number of allylic oxidation sites excluding steroid dienone is 3. The summed E-state index contributed by atoms with van der Waals surface area (Å²) in [6.45, 7) is 1.77. The molecule has 0 heterocycles. The summed E-state index contributed by atoms with van der Waals surface area (Å²) >= 11 is 0. The molecule has 0 aliphatic carbocycles. The minimum atomic E-state index is -0.436. The Labute approximate surface area is 78.9 Å². The normalized spacial score (nSPS) is 14.0. The number of rotatable bonds is 6. The van der Waals surface area contributed by atoms with Gasteiger partial charge in [-0.05, 0) is 26.2 Å². The molecule has 1 atom stereocenters. The zero-order chi connectivity index (χ0) is 10.1. The highest BCUT2D eigenvalue weighted by molar-refractivity contribution is 5.85. The van der Waals surface area contributed by atoms with Crippen molar-refractivity contribution in [1.82, 2.24) is 0 Å². The van der Waals surface area contributed by atoms with E-state index < -0.39 is 5.91 Å². The van der Waals surface area contributed by atoms with E-state index in [-0.39, 0.29) is 6.10 Å². The van der Waals surface area contributed by atoms with Crippen molar-refractivity contribution in [3.8, 4) is 0 Å². The predicted molar refractivity (Wildman–Crippen MR) is 53.0 cm³/mol. The van der Waals surface area contributed by atoms with E-state index in [0.29, 0.717) is 0 Å². The van der Waals surface area contributed by atoms with Gasteiger partial charge in [0.05, 0.1) is 6.10 Å². The average molecular weight is 183 g/mol. The number of hydrogen-bond acceptors (Lipinski definition) is 2. The minimum absolute atomic E-state index is 0.227. The number of unbranched alkanes of at least 4 members (excludes halogenated alkanes) is 1. The number of carbonyl (C=O) groups excluding carboxylic acids is 1. The van der Waals surface area contributed by atoms with Crippen LogP contribution >= 0.6 is 0 Å². The van der Waals surface area contributed by atoms with Crippen molar-refractivity contribution in [2.24, 2.45) is 5.73 Å². The van der Waals surface area contributed by atoms with Gasteiger partial charge in [-0.25, -0.2) is 0 Å². The van der Waals surface area contributed by atoms with Gasteiger partial charge >= 0.3 is 0 Å². The molecule has 0 aromatic rings. The van der Waals surface area contributed by atoms with Gasteiger partial charge in [-0.3, -0.25) is 4.79 Å². The molecule has 3 nitrogen and oxygen atoms in total. The van der Waals surface area contributed by atoms with E-state index >= 15 is 0 Å². The summed E-state index contributed by atoms with van der Waals surface area (Å²) in [6.07, 6.45) is 9.11. The molecule has 0 radical (unpaired) electrons. The molecule has 0 spiro atoms. The Morgan fingerprint density at radius 1 is 1.54 bits per heavy atom. The number of primary amides is 1. The summed E-state index contributed by atoms with van der Waals surface area (Å²) in [5.41, 5.74) is 4.88. The number of nitrogens with two attached hydrogens (primary N) is 1. The Morgan fingerprint density at radius 3 is 2.77 bits per heavy atom. The molecule has 0 rings (SSSR count). The van der Waals surface area contributed by atoms with Crippen LogP contribution < -0.4 is 5.73 Å². The van der Waals surface area contributed by atoms with Gasteiger partial charge in [0.25, 0.3) is 0 Å². The molecule has 3 heteroatoms. The van der Waals surface area contributed by atoms with E-state index in [2.05, 4.69) is 0 Å². The summed E-state index contributed by atoms with van der Waals surface area (Å²) in [7, 11) is 0. The third kappa shape index (κ3) is 10.9. The lowest BCUT2D eigenvalue weighted by Gasteiger charge is -1.99. The van der Waals surface area contributed by atoms with Crippen LogP contribution in [0, 0.1) is 0 Å². The van der Waals surface area contributed by atoms with Crippen LogP contribution in [0.15, 0.2) is 24.3 Å². The van der Waals surface area contributed by atoms with Crippen LogP contribution in [-0.4, -0.2) is 17.1 Å². The molecule has 0 saturated heterocycles. The molecule has 0 aromatic heterocycles. The van der Waals surface area contributed by atoms with Crippen LogP contribution in [0.25, 0.3) is 0 Å². The van der Waals surface area contributed by atoms with Gasteiger partial charge in [-0.15, -0.1) is 0 Å². The van der Waals surface area contributed by atoms with E-state index in [0.717, 1.165) is 19.3 Å². The lowest BCUT2D eigenvalue weighted by molar-refractivity contribution is -0.113. The van der Waals surface area contributed by atoms with Gasteiger partial charge in [0.2, 0.25) is 5.91 Å². The topological polar surface area (TPSA) is 63.3 Å². The smallest absolute Gasteiger partial charge is 0.241 e. The number of aliphatic hydroxyl groups excluding tert-OH is 1. The Kier molecular flexibility index (Phi) is 6.92. The number of amides is 1. The third-order valence-electron chi connectivity index (χ3n) is 1.50. The number of carbonyl (C=O) groups is 1. The van der Waals surface area contributed by atoms with E-state index in [1.54, 1.807) is 19.1 Å². The minimum Gasteiger partial charge on any atom is -0.393 e. The molecule has 0 aliphatic rings. The standard InChI is InChI=1S/C10H17NO2/c1-9(12)7-5-3-2-4-6-8-10(11)13/h2,4,6,8-9,12H,3,5,7H2,1H3,(H2,11,13)/b4-2+,8-6+. The molecule has 0 aromatic carbocycles. The Morgan fingerprint density at radius 2 is 2.23 bits per heavy atom. The molecule has 0 aliphatic heterocycles. The molecule has 13 heavy (non-hydrogen) atoms. The third-order valence-corrected chi connectivity index (χ3v) is 1.50. The van der Waals surface area contributed by atoms with Gasteiger partial charge in [-0.2, -0.15) is 0 Å². The first-order chi connectivity index (χ1) is 6.13. The van der Waals surface area contributed by atoms with E-state index in [1.165, 1.54) is 6.08 Å². The van der Waals surface area contributed by atoms with Crippen LogP contribution in [0.3, 0.4) is 0 Å². The van der Waals surface area contributed by atoms with E-state index in [9.17, 15) is 4.79 Å². The molecule has 0 fully saturated rings. The second-order valence-electron chi connectivity index (χ2n) is 2.97. The summed E-state index contributed by atoms with van der Waals surface area (Å²) < 4.78 is 0. The first-order valence-corrected chi connectivity index (χ1v) is 4.43. The van der Waals surface area contributed by atoms with Crippen LogP contribution in [0.1, 0.15) is 26.2 Å². The maximum atomic E-state index is 10.2. The first-order valence-electron chi connectivity index (χ1n) is 4.43. The van der Waals surface area contributed by atoms with Crippen molar-refractivity contribution >= 4 is 5.91 Å². The highest BCUT2D eigenvalue weighted by atomic mass is 16.3. The van der Waals surface area contributed by atoms with E-state index in [1.807, 2.05) is 6.08 Å². The maximum absolute atomic E-state index is 10.2. The second-order valence-corrected chi connectivity index (χ2v) is 2.97. The fraction of sp³-hybridized carbons (Fsp3) is 0.500. The molecular formula is C10H17NO2. The molecule has 1 unspecified atom stereocenters. The van der Waals surface area contributed by atoms with Gasteiger partial charge in [0.15, 0.2) is 0 Å². The first kappa shape index (κ1) is 11.9. The fourth-order valence-electron chi connectivity index (χ4n) is 0.856. The van der Waals surface area contributed by atoms with Gasteiger partial charge < -0.3 is 10.8 Å². The van der Waals surface area contributed by atoms with E-state index in [4.69, 9.17) is 10.8 Å². The van der Waals surface area contributed by atoms with Crippen molar-refractivity contribution in [2.75, 3.05) is 0 Å². The number of hydrogen-bond donors (Lipinski definition) is 2. The Hall–Kier alpha value is -1.09. The highest BCUT2D eigenvalue weighted by Gasteiger charge is 1.91. The lowest BCUT2D eigenvalue weighted by atomic mass is 10.1. The Bertz CT molecular complexity index is 195. The largest absolute Gasteiger partial charge is 0.393 e. The van der Waals surface area contributed by atoms with Crippen LogP contribution in [-0.2, 0) is 4.79 Å². The number of aliphatic hydroxyl groups is 1. The lowest BCUT2D eigenvalue weighted by Crippen LogP contribution is -2.04. The molecule has 74 valence electrons. The summed E-state index contributed by atoms with van der Waals surface area (Å²) in [4.78, 5) is 10.2. The monoisotopic (exact) mass is 183 g/mol. The van der Waals surface area contributed by atoms with Crippen molar-refractivity contribution in [1.29, 1.82) is 0 Å². The SMILES string of the molecule is CC(O)CCC/C=C/C=C/C(N)=O. The molecule has 3 N–H and O–H groups in total. The van der Waals surface area contributed by atoms with Crippen molar-refractivity contribution < 1.29 is 9.90 Å². The summed E-state index contributed by atoms with van der Waals surface area (Å²) in [5.74, 6) is -0.436. The maximum Gasteiger partial charge on any atom is 0.241 e. The van der Waals surface area contributed by atoms with Gasteiger partial charge in [0, 0.05) is 6.08 Å². The second kappa shape index (κ2) is 7.55. The zero-order valence-corrected chi connectivity index (χ0v) is 7.94. The Balaban J connectivity index is 3.37. The van der Waals surface area contributed by atoms with Gasteiger partial charge in [0.1, 0.15) is 0 Å². The fourth-order valence-corrected chi connectivity index (χ4v) is 0.856. The van der Waals surface area contributed by atoms with Crippen LogP contribution in [0.4, 0.5) is 0 Å². The van der Waals surface area contributed by atoms with Gasteiger partial charge in [-0.1, -0.05) is 18.2 Å². The molecule has 0 bridgehead atoms. The highest BCUT2D eigenvalue weighted by Crippen LogP contribution is 2.00. The summed E-state index contributed by atoms with van der Waals surface area (Å²) in [5, 5.41) is 8.93.